The highest BCUT2D eigenvalue weighted by atomic mass is 16.3. The fourth-order valence-corrected chi connectivity index (χ4v) is 3.25. The zero-order valence-electron chi connectivity index (χ0n) is 11.1. The molecule has 2 rings (SSSR count). The van der Waals surface area contributed by atoms with Crippen molar-refractivity contribution in [2.45, 2.75) is 83.4 Å². The zero-order chi connectivity index (χ0) is 11.8. The van der Waals surface area contributed by atoms with Crippen LogP contribution in [0.5, 0.6) is 0 Å². The smallest absolute Gasteiger partial charge is 0.0677 e. The number of nitrogens with one attached hydrogen (secondary N) is 1. The van der Waals surface area contributed by atoms with E-state index in [1.807, 2.05) is 0 Å². The molecule has 0 aromatic heterocycles. The Labute approximate surface area is 99.8 Å². The second-order valence-corrected chi connectivity index (χ2v) is 7.18. The average Bonchev–Trinajstić information content (AvgIpc) is 2.13. The van der Waals surface area contributed by atoms with Gasteiger partial charge >= 0.3 is 0 Å². The molecule has 0 spiro atoms. The third-order valence-electron chi connectivity index (χ3n) is 4.17. The van der Waals surface area contributed by atoms with Gasteiger partial charge in [0.05, 0.1) is 5.60 Å². The van der Waals surface area contributed by atoms with Gasteiger partial charge in [-0.05, 0) is 43.9 Å². The Balaban J connectivity index is 1.92. The van der Waals surface area contributed by atoms with Crippen LogP contribution in [0.15, 0.2) is 0 Å². The van der Waals surface area contributed by atoms with Gasteiger partial charge in [-0.3, -0.25) is 0 Å². The number of fused-ring (bicyclic) bond motifs is 2. The second kappa shape index (κ2) is 4.30. The molecule has 2 nitrogen and oxygen atoms in total. The van der Waals surface area contributed by atoms with Crippen LogP contribution in [0.4, 0.5) is 0 Å². The lowest BCUT2D eigenvalue weighted by atomic mass is 9.73. The van der Waals surface area contributed by atoms with Gasteiger partial charge in [0.25, 0.3) is 0 Å². The molecule has 2 unspecified atom stereocenters. The first-order valence-electron chi connectivity index (χ1n) is 6.85. The molecule has 0 saturated carbocycles. The molecule has 0 aromatic rings. The molecule has 2 saturated heterocycles. The summed E-state index contributed by atoms with van der Waals surface area (Å²) in [6.45, 7) is 6.79. The van der Waals surface area contributed by atoms with E-state index in [9.17, 15) is 5.11 Å². The van der Waals surface area contributed by atoms with Gasteiger partial charge in [-0.1, -0.05) is 27.2 Å². The molecule has 2 aliphatic heterocycles. The van der Waals surface area contributed by atoms with E-state index in [0.29, 0.717) is 17.5 Å². The first-order valence-corrected chi connectivity index (χ1v) is 6.85. The van der Waals surface area contributed by atoms with Gasteiger partial charge in [-0.2, -0.15) is 0 Å². The molecule has 2 aliphatic rings. The average molecular weight is 225 g/mol. The van der Waals surface area contributed by atoms with Gasteiger partial charge in [0, 0.05) is 12.1 Å². The topological polar surface area (TPSA) is 32.3 Å². The van der Waals surface area contributed by atoms with E-state index < -0.39 is 0 Å². The molecule has 2 heteroatoms. The SMILES string of the molecule is CC(C)(C)CCC1(O)CC2CCCC(C1)N2. The highest BCUT2D eigenvalue weighted by Crippen LogP contribution is 2.37. The van der Waals surface area contributed by atoms with E-state index in [4.69, 9.17) is 0 Å². The lowest BCUT2D eigenvalue weighted by Crippen LogP contribution is -2.55. The number of rotatable bonds is 2. The van der Waals surface area contributed by atoms with Crippen LogP contribution in [0.3, 0.4) is 0 Å². The first-order chi connectivity index (χ1) is 7.36. The molecule has 2 heterocycles. The third-order valence-corrected chi connectivity index (χ3v) is 4.17. The summed E-state index contributed by atoms with van der Waals surface area (Å²) in [5.41, 5.74) is -0.0377. The summed E-state index contributed by atoms with van der Waals surface area (Å²) >= 11 is 0. The molecular formula is C14H27NO. The van der Waals surface area contributed by atoms with Crippen molar-refractivity contribution in [3.05, 3.63) is 0 Å². The van der Waals surface area contributed by atoms with E-state index in [2.05, 4.69) is 26.1 Å². The number of aliphatic hydroxyl groups is 1. The molecular weight excluding hydrogens is 198 g/mol. The van der Waals surface area contributed by atoms with E-state index >= 15 is 0 Å². The van der Waals surface area contributed by atoms with Crippen LogP contribution in [0.2, 0.25) is 0 Å². The predicted molar refractivity (Wildman–Crippen MR) is 67.4 cm³/mol. The maximum absolute atomic E-state index is 10.7. The predicted octanol–water partition coefficient (Wildman–Crippen LogP) is 2.85. The minimum Gasteiger partial charge on any atom is -0.390 e. The van der Waals surface area contributed by atoms with Crippen molar-refractivity contribution in [3.8, 4) is 0 Å². The van der Waals surface area contributed by atoms with Gasteiger partial charge in [0.15, 0.2) is 0 Å². The Morgan fingerprint density at radius 2 is 1.75 bits per heavy atom. The Hall–Kier alpha value is -0.0800. The Bertz CT molecular complexity index is 232. The monoisotopic (exact) mass is 225 g/mol. The molecule has 0 radical (unpaired) electrons. The van der Waals surface area contributed by atoms with Crippen LogP contribution in [-0.2, 0) is 0 Å². The highest BCUT2D eigenvalue weighted by molar-refractivity contribution is 4.98. The summed E-state index contributed by atoms with van der Waals surface area (Å²) in [5.74, 6) is 0. The third kappa shape index (κ3) is 3.21. The van der Waals surface area contributed by atoms with E-state index in [1.54, 1.807) is 0 Å². The van der Waals surface area contributed by atoms with Gasteiger partial charge in [-0.25, -0.2) is 0 Å². The summed E-state index contributed by atoms with van der Waals surface area (Å²) in [7, 11) is 0. The van der Waals surface area contributed by atoms with Crippen LogP contribution in [-0.4, -0.2) is 22.8 Å². The fourth-order valence-electron chi connectivity index (χ4n) is 3.25. The van der Waals surface area contributed by atoms with Crippen LogP contribution < -0.4 is 5.32 Å². The maximum Gasteiger partial charge on any atom is 0.0677 e. The van der Waals surface area contributed by atoms with Crippen molar-refractivity contribution in [3.63, 3.8) is 0 Å². The summed E-state index contributed by atoms with van der Waals surface area (Å²) < 4.78 is 0. The molecule has 2 N–H and O–H groups in total. The van der Waals surface area contributed by atoms with Crippen LogP contribution in [0.1, 0.15) is 65.7 Å². The minimum atomic E-state index is -0.381. The maximum atomic E-state index is 10.7. The molecule has 0 aliphatic carbocycles. The van der Waals surface area contributed by atoms with Gasteiger partial charge in [-0.15, -0.1) is 0 Å². The van der Waals surface area contributed by atoms with Crippen LogP contribution >= 0.6 is 0 Å². The summed E-state index contributed by atoms with van der Waals surface area (Å²) in [6, 6.07) is 1.16. The molecule has 0 amide bonds. The Kier molecular flexibility index (Phi) is 3.33. The zero-order valence-corrected chi connectivity index (χ0v) is 11.1. The van der Waals surface area contributed by atoms with Crippen LogP contribution in [0, 0.1) is 5.41 Å². The van der Waals surface area contributed by atoms with Gasteiger partial charge in [0.1, 0.15) is 0 Å². The standard InChI is InChI=1S/C14H27NO/c1-13(2,3)7-8-14(16)9-11-5-4-6-12(10-14)15-11/h11-12,15-16H,4-10H2,1-3H3. The lowest BCUT2D eigenvalue weighted by Gasteiger charge is -2.46. The van der Waals surface area contributed by atoms with Crippen molar-refractivity contribution in [1.29, 1.82) is 0 Å². The van der Waals surface area contributed by atoms with E-state index in [0.717, 1.165) is 25.7 Å². The van der Waals surface area contributed by atoms with Crippen molar-refractivity contribution in [1.82, 2.24) is 5.32 Å². The quantitative estimate of drug-likeness (QED) is 0.757. The first kappa shape index (κ1) is 12.4. The Morgan fingerprint density at radius 1 is 1.19 bits per heavy atom. The van der Waals surface area contributed by atoms with Gasteiger partial charge in [0.2, 0.25) is 0 Å². The highest BCUT2D eigenvalue weighted by Gasteiger charge is 2.40. The summed E-state index contributed by atoms with van der Waals surface area (Å²) in [6.07, 6.45) is 7.91. The lowest BCUT2D eigenvalue weighted by molar-refractivity contribution is -0.0436. The molecule has 2 atom stereocenters. The number of piperidine rings is 2. The summed E-state index contributed by atoms with van der Waals surface area (Å²) in [5, 5.41) is 14.3. The van der Waals surface area contributed by atoms with Crippen molar-refractivity contribution >= 4 is 0 Å². The largest absolute Gasteiger partial charge is 0.390 e. The minimum absolute atomic E-state index is 0.343. The second-order valence-electron chi connectivity index (χ2n) is 7.18. The Morgan fingerprint density at radius 3 is 2.25 bits per heavy atom. The van der Waals surface area contributed by atoms with Gasteiger partial charge < -0.3 is 10.4 Å². The van der Waals surface area contributed by atoms with Crippen molar-refractivity contribution < 1.29 is 5.11 Å². The van der Waals surface area contributed by atoms with Crippen molar-refractivity contribution in [2.24, 2.45) is 5.41 Å². The number of hydrogen-bond donors (Lipinski definition) is 2. The van der Waals surface area contributed by atoms with Crippen LogP contribution in [0.25, 0.3) is 0 Å². The molecule has 0 aromatic carbocycles. The fraction of sp³-hybridized carbons (Fsp3) is 1.00. The van der Waals surface area contributed by atoms with Crippen molar-refractivity contribution in [2.75, 3.05) is 0 Å². The molecule has 2 bridgehead atoms. The van der Waals surface area contributed by atoms with E-state index in [1.165, 1.54) is 19.3 Å². The summed E-state index contributed by atoms with van der Waals surface area (Å²) in [4.78, 5) is 0. The normalized spacial score (nSPS) is 39.8. The molecule has 16 heavy (non-hydrogen) atoms. The molecule has 94 valence electrons. The molecule has 2 fully saturated rings. The number of hydrogen-bond acceptors (Lipinski definition) is 2. The van der Waals surface area contributed by atoms with E-state index in [-0.39, 0.29) is 5.60 Å².